The first-order valence-corrected chi connectivity index (χ1v) is 8.33. The van der Waals surface area contributed by atoms with Gasteiger partial charge in [-0.25, -0.2) is 4.39 Å². The lowest BCUT2D eigenvalue weighted by atomic mass is 10.0. The highest BCUT2D eigenvalue weighted by atomic mass is 35.5. The van der Waals surface area contributed by atoms with Gasteiger partial charge in [0.1, 0.15) is 16.6 Å². The van der Waals surface area contributed by atoms with E-state index in [4.69, 9.17) is 11.6 Å². The first-order chi connectivity index (χ1) is 10.2. The van der Waals surface area contributed by atoms with Crippen LogP contribution in [0.1, 0.15) is 37.9 Å². The number of aryl methyl sites for hydroxylation is 1. The van der Waals surface area contributed by atoms with E-state index in [1.165, 1.54) is 12.1 Å². The van der Waals surface area contributed by atoms with Crippen LogP contribution in [0.4, 0.5) is 4.39 Å². The van der Waals surface area contributed by atoms with Crippen LogP contribution in [0.2, 0.25) is 5.02 Å². The summed E-state index contributed by atoms with van der Waals surface area (Å²) in [6, 6.07) is 4.14. The third-order valence-electron chi connectivity index (χ3n) is 3.12. The summed E-state index contributed by atoms with van der Waals surface area (Å²) in [5.41, 5.74) is 1.45. The molecular formula is C15H19ClFN3OS. The third-order valence-corrected chi connectivity index (χ3v) is 4.98. The fraction of sp³-hybridized carbons (Fsp3) is 0.400. The number of hydrogen-bond acceptors (Lipinski definition) is 3. The van der Waals surface area contributed by atoms with E-state index < -0.39 is 28.0 Å². The molecule has 1 N–H and O–H groups in total. The summed E-state index contributed by atoms with van der Waals surface area (Å²) in [5.74, 6) is -0.503. The minimum absolute atomic E-state index is 0.0608. The monoisotopic (exact) mass is 343 g/mol. The molecule has 0 fully saturated rings. The second-order valence-corrected chi connectivity index (χ2v) is 8.46. The first-order valence-electron chi connectivity index (χ1n) is 6.80. The van der Waals surface area contributed by atoms with E-state index >= 15 is 0 Å². The van der Waals surface area contributed by atoms with Crippen molar-refractivity contribution in [2.45, 2.75) is 31.6 Å². The van der Waals surface area contributed by atoms with Crippen molar-refractivity contribution < 1.29 is 8.94 Å². The number of benzene rings is 1. The van der Waals surface area contributed by atoms with Gasteiger partial charge >= 0.3 is 0 Å². The second-order valence-electron chi connectivity index (χ2n) is 6.05. The molecule has 120 valence electrons. The minimum Gasteiger partial charge on any atom is -0.598 e. The van der Waals surface area contributed by atoms with Crippen LogP contribution in [-0.2, 0) is 18.4 Å². The largest absolute Gasteiger partial charge is 0.598 e. The molecule has 4 nitrogen and oxygen atoms in total. The van der Waals surface area contributed by atoms with Crippen LogP contribution in [0.15, 0.2) is 30.6 Å². The summed E-state index contributed by atoms with van der Waals surface area (Å²) >= 11 is 4.43. The smallest absolute Gasteiger partial charge is 0.142 e. The predicted octanol–water partition coefficient (Wildman–Crippen LogP) is 3.35. The fourth-order valence-corrected chi connectivity index (χ4v) is 2.85. The van der Waals surface area contributed by atoms with E-state index in [0.717, 1.165) is 5.56 Å². The lowest BCUT2D eigenvalue weighted by Gasteiger charge is -2.27. The topological polar surface area (TPSA) is 52.9 Å². The highest BCUT2D eigenvalue weighted by Crippen LogP contribution is 2.28. The van der Waals surface area contributed by atoms with E-state index in [2.05, 4.69) is 9.82 Å². The summed E-state index contributed by atoms with van der Waals surface area (Å²) in [7, 11) is 1.80. The molecule has 0 radical (unpaired) electrons. The molecule has 0 aliphatic heterocycles. The Hall–Kier alpha value is -1.08. The van der Waals surface area contributed by atoms with E-state index in [1.807, 2.05) is 27.0 Å². The Bertz CT molecular complexity index is 656. The number of nitrogens with one attached hydrogen (secondary N) is 1. The van der Waals surface area contributed by atoms with Crippen LogP contribution in [0, 0.1) is 5.82 Å². The van der Waals surface area contributed by atoms with Crippen LogP contribution < -0.4 is 4.72 Å². The Labute approximate surface area is 138 Å². The van der Waals surface area contributed by atoms with Gasteiger partial charge in [-0.3, -0.25) is 4.68 Å². The molecule has 1 heterocycles. The maximum Gasteiger partial charge on any atom is 0.142 e. The lowest BCUT2D eigenvalue weighted by Crippen LogP contribution is -2.41. The molecular weight excluding hydrogens is 325 g/mol. The number of nitrogens with zero attached hydrogens (tertiary/aromatic N) is 2. The molecule has 7 heteroatoms. The normalized spacial score (nSPS) is 14.9. The third kappa shape index (κ3) is 4.01. The van der Waals surface area contributed by atoms with Crippen molar-refractivity contribution >= 4 is 23.0 Å². The Morgan fingerprint density at radius 3 is 2.55 bits per heavy atom. The average Bonchev–Trinajstić information content (AvgIpc) is 2.84. The van der Waals surface area contributed by atoms with Crippen molar-refractivity contribution in [2.24, 2.45) is 7.05 Å². The maximum absolute atomic E-state index is 13.8. The molecule has 1 aromatic heterocycles. The minimum atomic E-state index is -1.31. The molecule has 0 amide bonds. The van der Waals surface area contributed by atoms with Gasteiger partial charge in [0.15, 0.2) is 0 Å². The Balaban J connectivity index is 2.39. The Kier molecular flexibility index (Phi) is 5.17. The van der Waals surface area contributed by atoms with Gasteiger partial charge in [-0.1, -0.05) is 17.7 Å². The highest BCUT2D eigenvalue weighted by molar-refractivity contribution is 7.90. The highest BCUT2D eigenvalue weighted by Gasteiger charge is 2.31. The molecule has 2 rings (SSSR count). The molecule has 0 saturated carbocycles. The van der Waals surface area contributed by atoms with E-state index in [1.54, 1.807) is 24.0 Å². The van der Waals surface area contributed by atoms with Gasteiger partial charge in [0.05, 0.1) is 11.2 Å². The maximum atomic E-state index is 13.8. The summed E-state index contributed by atoms with van der Waals surface area (Å²) in [4.78, 5) is 0. The number of aromatic nitrogens is 2. The van der Waals surface area contributed by atoms with Crippen molar-refractivity contribution in [3.8, 4) is 0 Å². The van der Waals surface area contributed by atoms with Gasteiger partial charge < -0.3 is 4.55 Å². The number of halogens is 2. The molecule has 0 unspecified atom stereocenters. The van der Waals surface area contributed by atoms with Crippen LogP contribution in [-0.4, -0.2) is 19.1 Å². The van der Waals surface area contributed by atoms with Crippen molar-refractivity contribution in [2.75, 3.05) is 0 Å². The molecule has 2 atom stereocenters. The summed E-state index contributed by atoms with van der Waals surface area (Å²) in [6.45, 7) is 5.62. The van der Waals surface area contributed by atoms with E-state index in [0.29, 0.717) is 5.56 Å². The first kappa shape index (κ1) is 17.3. The molecule has 0 aliphatic carbocycles. The Morgan fingerprint density at radius 2 is 2.05 bits per heavy atom. The van der Waals surface area contributed by atoms with Crippen molar-refractivity contribution in [3.05, 3.63) is 52.6 Å². The van der Waals surface area contributed by atoms with Crippen molar-refractivity contribution in [1.29, 1.82) is 0 Å². The second kappa shape index (κ2) is 6.58. The van der Waals surface area contributed by atoms with Crippen LogP contribution in [0.3, 0.4) is 0 Å². The zero-order valence-electron chi connectivity index (χ0n) is 12.9. The van der Waals surface area contributed by atoms with E-state index in [-0.39, 0.29) is 5.02 Å². The van der Waals surface area contributed by atoms with Gasteiger partial charge in [-0.2, -0.15) is 5.10 Å². The summed E-state index contributed by atoms with van der Waals surface area (Å²) in [6.07, 6.45) is 3.48. The summed E-state index contributed by atoms with van der Waals surface area (Å²) in [5, 5.41) is 4.19. The zero-order valence-corrected chi connectivity index (χ0v) is 14.5. The standard InChI is InChI=1S/C15H19ClFN3OS/c1-15(2,3)22(21)19-14(11-8-18-20(4)9-11)10-5-6-12(16)13(17)7-10/h5-9,14,19H,1-4H3/t14-,22+/m0/s1. The molecule has 0 aliphatic rings. The van der Waals surface area contributed by atoms with Gasteiger partial charge in [0, 0.05) is 30.2 Å². The molecule has 0 spiro atoms. The zero-order chi connectivity index (χ0) is 16.5. The Morgan fingerprint density at radius 1 is 1.36 bits per heavy atom. The SMILES string of the molecule is Cn1cc([C@@H](N[S@+]([O-])C(C)(C)C)c2ccc(Cl)c(F)c2)cn1. The average molecular weight is 344 g/mol. The lowest BCUT2D eigenvalue weighted by molar-refractivity contribution is 0.535. The molecule has 1 aromatic carbocycles. The van der Waals surface area contributed by atoms with Crippen LogP contribution in [0.5, 0.6) is 0 Å². The van der Waals surface area contributed by atoms with Crippen molar-refractivity contribution in [1.82, 2.24) is 14.5 Å². The van der Waals surface area contributed by atoms with Crippen LogP contribution >= 0.6 is 11.6 Å². The van der Waals surface area contributed by atoms with Gasteiger partial charge in [-0.05, 0) is 38.5 Å². The molecule has 2 aromatic rings. The molecule has 22 heavy (non-hydrogen) atoms. The van der Waals surface area contributed by atoms with Crippen LogP contribution in [0.25, 0.3) is 0 Å². The predicted molar refractivity (Wildman–Crippen MR) is 87.5 cm³/mol. The van der Waals surface area contributed by atoms with Gasteiger partial charge in [0.2, 0.25) is 0 Å². The summed E-state index contributed by atoms with van der Waals surface area (Å²) < 4.78 is 30.5. The van der Waals surface area contributed by atoms with Gasteiger partial charge in [0.25, 0.3) is 0 Å². The molecule has 0 bridgehead atoms. The molecule has 0 saturated heterocycles. The quantitative estimate of drug-likeness (QED) is 0.866. The number of rotatable bonds is 4. The van der Waals surface area contributed by atoms with Gasteiger partial charge in [-0.15, -0.1) is 4.72 Å². The fourth-order valence-electron chi connectivity index (χ4n) is 1.89. The number of hydrogen-bond donors (Lipinski definition) is 1. The van der Waals surface area contributed by atoms with Crippen molar-refractivity contribution in [3.63, 3.8) is 0 Å². The van der Waals surface area contributed by atoms with E-state index in [9.17, 15) is 8.94 Å².